The largest absolute Gasteiger partial charge is 0.497 e. The van der Waals surface area contributed by atoms with Gasteiger partial charge in [0.15, 0.2) is 5.75 Å². The first-order valence-corrected chi connectivity index (χ1v) is 4.57. The maximum absolute atomic E-state index is 11.6. The van der Waals surface area contributed by atoms with Gasteiger partial charge in [0.2, 0.25) is 0 Å². The second kappa shape index (κ2) is 3.69. The number of benzene rings is 2. The van der Waals surface area contributed by atoms with Gasteiger partial charge in [0.05, 0.1) is 14.2 Å². The van der Waals surface area contributed by atoms with Gasteiger partial charge < -0.3 is 9.47 Å². The van der Waals surface area contributed by atoms with Crippen LogP contribution >= 0.6 is 0 Å². The minimum atomic E-state index is -0.0352. The predicted molar refractivity (Wildman–Crippen MR) is 57.2 cm³/mol. The van der Waals surface area contributed by atoms with Crippen molar-refractivity contribution in [2.24, 2.45) is 0 Å². The van der Waals surface area contributed by atoms with Gasteiger partial charge in [-0.1, -0.05) is 0 Å². The van der Waals surface area contributed by atoms with Crippen LogP contribution < -0.4 is 9.47 Å². The van der Waals surface area contributed by atoms with Crippen LogP contribution in [0.15, 0.2) is 30.3 Å². The van der Waals surface area contributed by atoms with Crippen LogP contribution in [0.3, 0.4) is 0 Å². The van der Waals surface area contributed by atoms with Crippen LogP contribution in [0.25, 0.3) is 10.8 Å². The molecule has 3 nitrogen and oxygen atoms in total. The molecule has 0 heterocycles. The van der Waals surface area contributed by atoms with Crippen molar-refractivity contribution in [1.82, 2.24) is 0 Å². The molecule has 0 fully saturated rings. The molecule has 2 aromatic rings. The molecule has 0 N–H and O–H groups in total. The highest BCUT2D eigenvalue weighted by molar-refractivity contribution is 5.90. The highest BCUT2D eigenvalue weighted by Gasteiger charge is 2.05. The minimum Gasteiger partial charge on any atom is -0.497 e. The van der Waals surface area contributed by atoms with Crippen molar-refractivity contribution < 1.29 is 14.6 Å². The molecule has 15 heavy (non-hydrogen) atoms. The lowest BCUT2D eigenvalue weighted by molar-refractivity contribution is 0.354. The number of hydrogen-bond donors (Lipinski definition) is 0. The molecule has 0 aliphatic rings. The van der Waals surface area contributed by atoms with E-state index in [1.54, 1.807) is 26.4 Å². The molecule has 0 aliphatic heterocycles. The zero-order valence-corrected chi connectivity index (χ0v) is 8.61. The summed E-state index contributed by atoms with van der Waals surface area (Å²) in [6.07, 6.45) is 0. The molecule has 0 amide bonds. The summed E-state index contributed by atoms with van der Waals surface area (Å²) in [5, 5.41) is 13.1. The fraction of sp³-hybridized carbons (Fsp3) is 0.167. The standard InChI is InChI=1S/C12H11O3/c1-14-9-3-4-11-8(5-9)6-10(15-2)7-12(11)13/h3-7H,1-2H3. The Bertz CT molecular complexity index is 486. The summed E-state index contributed by atoms with van der Waals surface area (Å²) >= 11 is 0. The number of rotatable bonds is 2. The van der Waals surface area contributed by atoms with E-state index in [9.17, 15) is 5.11 Å². The Morgan fingerprint density at radius 3 is 2.27 bits per heavy atom. The van der Waals surface area contributed by atoms with Crippen molar-refractivity contribution in [3.05, 3.63) is 30.3 Å². The highest BCUT2D eigenvalue weighted by atomic mass is 16.5. The summed E-state index contributed by atoms with van der Waals surface area (Å²) in [6.45, 7) is 0. The Balaban J connectivity index is 2.69. The molecule has 0 spiro atoms. The van der Waals surface area contributed by atoms with Crippen molar-refractivity contribution in [3.8, 4) is 17.2 Å². The first kappa shape index (κ1) is 9.65. The van der Waals surface area contributed by atoms with Crippen molar-refractivity contribution in [3.63, 3.8) is 0 Å². The first-order valence-electron chi connectivity index (χ1n) is 4.57. The molecule has 77 valence electrons. The van der Waals surface area contributed by atoms with E-state index in [-0.39, 0.29) is 5.75 Å². The third-order valence-corrected chi connectivity index (χ3v) is 2.33. The molecule has 0 unspecified atom stereocenters. The Hall–Kier alpha value is -1.90. The lowest BCUT2D eigenvalue weighted by Gasteiger charge is -2.05. The predicted octanol–water partition coefficient (Wildman–Crippen LogP) is 3.00. The average molecular weight is 203 g/mol. The van der Waals surface area contributed by atoms with Gasteiger partial charge in [0.1, 0.15) is 11.5 Å². The van der Waals surface area contributed by atoms with Gasteiger partial charge in [-0.3, -0.25) is 5.11 Å². The van der Waals surface area contributed by atoms with Crippen molar-refractivity contribution >= 4 is 10.8 Å². The molecule has 1 radical (unpaired) electrons. The topological polar surface area (TPSA) is 38.4 Å². The second-order valence-electron chi connectivity index (χ2n) is 3.21. The van der Waals surface area contributed by atoms with Crippen LogP contribution in [0.4, 0.5) is 0 Å². The Morgan fingerprint density at radius 2 is 1.60 bits per heavy atom. The Morgan fingerprint density at radius 1 is 0.933 bits per heavy atom. The van der Waals surface area contributed by atoms with Crippen molar-refractivity contribution in [2.75, 3.05) is 14.2 Å². The van der Waals surface area contributed by atoms with Gasteiger partial charge in [-0.15, -0.1) is 0 Å². The summed E-state index contributed by atoms with van der Waals surface area (Å²) < 4.78 is 10.1. The lowest BCUT2D eigenvalue weighted by Crippen LogP contribution is -1.85. The molecule has 3 heteroatoms. The normalized spacial score (nSPS) is 10.3. The fourth-order valence-corrected chi connectivity index (χ4v) is 1.53. The molecule has 0 saturated carbocycles. The van der Waals surface area contributed by atoms with Gasteiger partial charge in [0.25, 0.3) is 0 Å². The zero-order valence-electron chi connectivity index (χ0n) is 8.61. The minimum absolute atomic E-state index is 0.0352. The van der Waals surface area contributed by atoms with Gasteiger partial charge in [-0.25, -0.2) is 0 Å². The van der Waals surface area contributed by atoms with Gasteiger partial charge in [-0.2, -0.15) is 0 Å². The maximum atomic E-state index is 11.6. The molecule has 0 aromatic heterocycles. The highest BCUT2D eigenvalue weighted by Crippen LogP contribution is 2.32. The van der Waals surface area contributed by atoms with E-state index in [1.165, 1.54) is 6.07 Å². The monoisotopic (exact) mass is 203 g/mol. The second-order valence-corrected chi connectivity index (χ2v) is 3.21. The van der Waals surface area contributed by atoms with E-state index in [0.717, 1.165) is 11.1 Å². The Labute approximate surface area is 87.9 Å². The molecule has 0 bridgehead atoms. The van der Waals surface area contributed by atoms with E-state index in [0.29, 0.717) is 11.1 Å². The van der Waals surface area contributed by atoms with Crippen molar-refractivity contribution in [2.45, 2.75) is 0 Å². The van der Waals surface area contributed by atoms with E-state index in [2.05, 4.69) is 0 Å². The number of methoxy groups -OCH3 is 2. The molecule has 0 aliphatic carbocycles. The van der Waals surface area contributed by atoms with Crippen molar-refractivity contribution in [1.29, 1.82) is 0 Å². The van der Waals surface area contributed by atoms with Gasteiger partial charge in [-0.05, 0) is 29.7 Å². The van der Waals surface area contributed by atoms with Crippen LogP contribution in [-0.2, 0) is 5.11 Å². The van der Waals surface area contributed by atoms with Crippen LogP contribution in [-0.4, -0.2) is 14.2 Å². The van der Waals surface area contributed by atoms with Gasteiger partial charge >= 0.3 is 0 Å². The molecular weight excluding hydrogens is 192 g/mol. The lowest BCUT2D eigenvalue weighted by atomic mass is 10.1. The summed E-state index contributed by atoms with van der Waals surface area (Å²) in [7, 11) is 3.14. The third-order valence-electron chi connectivity index (χ3n) is 2.33. The zero-order chi connectivity index (χ0) is 10.8. The first-order chi connectivity index (χ1) is 7.24. The summed E-state index contributed by atoms with van der Waals surface area (Å²) in [4.78, 5) is 0. The summed E-state index contributed by atoms with van der Waals surface area (Å²) in [5.74, 6) is 1.27. The van der Waals surface area contributed by atoms with Crippen LogP contribution in [0.2, 0.25) is 0 Å². The molecule has 0 saturated heterocycles. The number of hydrogen-bond acceptors (Lipinski definition) is 2. The van der Waals surface area contributed by atoms with E-state index >= 15 is 0 Å². The summed E-state index contributed by atoms with van der Waals surface area (Å²) in [6, 6.07) is 8.65. The third kappa shape index (κ3) is 1.68. The molecule has 2 rings (SSSR count). The van der Waals surface area contributed by atoms with Crippen LogP contribution in [0.5, 0.6) is 17.2 Å². The van der Waals surface area contributed by atoms with E-state index in [4.69, 9.17) is 9.47 Å². The van der Waals surface area contributed by atoms with E-state index < -0.39 is 0 Å². The quantitative estimate of drug-likeness (QED) is 0.752. The smallest absolute Gasteiger partial charge is 0.190 e. The van der Waals surface area contributed by atoms with Gasteiger partial charge in [0, 0.05) is 11.5 Å². The van der Waals surface area contributed by atoms with Crippen LogP contribution in [0, 0.1) is 0 Å². The molecular formula is C12H11O3. The average Bonchev–Trinajstić information content (AvgIpc) is 2.28. The molecule has 2 aromatic carbocycles. The summed E-state index contributed by atoms with van der Waals surface area (Å²) in [5.41, 5.74) is 0. The fourth-order valence-electron chi connectivity index (χ4n) is 1.53. The SMILES string of the molecule is COc1ccc2c([O])cc(OC)cc2c1. The number of ether oxygens (including phenoxy) is 2. The van der Waals surface area contributed by atoms with Crippen LogP contribution in [0.1, 0.15) is 0 Å². The van der Waals surface area contributed by atoms with E-state index in [1.807, 2.05) is 12.1 Å². The maximum Gasteiger partial charge on any atom is 0.190 e. The number of fused-ring (bicyclic) bond motifs is 1. The Kier molecular flexibility index (Phi) is 2.37. The molecule has 0 atom stereocenters.